The maximum Gasteiger partial charge on any atom is 0.116 e. The zero-order valence-corrected chi connectivity index (χ0v) is 9.28. The van der Waals surface area contributed by atoms with Crippen molar-refractivity contribution in [1.82, 2.24) is 9.80 Å². The molecule has 1 aliphatic heterocycles. The van der Waals surface area contributed by atoms with Gasteiger partial charge in [-0.15, -0.1) is 0 Å². The molecule has 4 heteroatoms. The number of aliphatic hydroxyl groups is 1. The summed E-state index contributed by atoms with van der Waals surface area (Å²) in [6.45, 7) is 7.50. The predicted octanol–water partition coefficient (Wildman–Crippen LogP) is -0.179. The van der Waals surface area contributed by atoms with Crippen LogP contribution in [-0.4, -0.2) is 67.6 Å². The molecule has 0 aromatic carbocycles. The topological polar surface area (TPSA) is 43.8 Å². The number of carbonyl (C=O) groups is 1. The van der Waals surface area contributed by atoms with Crippen LogP contribution in [0, 0.1) is 0 Å². The van der Waals surface area contributed by atoms with Gasteiger partial charge in [-0.3, -0.25) is 0 Å². The van der Waals surface area contributed by atoms with Gasteiger partial charge in [-0.05, 0) is 20.4 Å². The first-order chi connectivity index (χ1) is 6.74. The Kier molecular flexibility index (Phi) is 8.83. The smallest absolute Gasteiger partial charge is 0.116 e. The van der Waals surface area contributed by atoms with Crippen molar-refractivity contribution in [2.24, 2.45) is 0 Å². The van der Waals surface area contributed by atoms with E-state index in [9.17, 15) is 0 Å². The van der Waals surface area contributed by atoms with Crippen molar-refractivity contribution in [2.45, 2.75) is 13.3 Å². The third kappa shape index (κ3) is 7.00. The summed E-state index contributed by atoms with van der Waals surface area (Å²) in [5, 5.41) is 8.61. The standard InChI is InChI=1S/C8H18N2O.C2H4O/c1-9-4-6-10(7-5-9)3-2-8-11;1-2-3/h11H,2-8H2,1H3;2H,1H3. The molecule has 0 spiro atoms. The Morgan fingerprint density at radius 3 is 2.21 bits per heavy atom. The second kappa shape index (κ2) is 9.12. The lowest BCUT2D eigenvalue weighted by atomic mass is 10.3. The van der Waals surface area contributed by atoms with Gasteiger partial charge in [-0.25, -0.2) is 0 Å². The molecule has 0 aromatic rings. The molecule has 0 radical (unpaired) electrons. The minimum atomic E-state index is 0.326. The molecule has 84 valence electrons. The summed E-state index contributed by atoms with van der Waals surface area (Å²) in [6.07, 6.45) is 1.67. The summed E-state index contributed by atoms with van der Waals surface area (Å²) in [5.41, 5.74) is 0. The average molecular weight is 202 g/mol. The molecule has 0 aliphatic carbocycles. The number of carbonyl (C=O) groups excluding carboxylic acids is 1. The van der Waals surface area contributed by atoms with Crippen molar-refractivity contribution < 1.29 is 9.90 Å². The highest BCUT2D eigenvalue weighted by Gasteiger charge is 2.12. The summed E-state index contributed by atoms with van der Waals surface area (Å²) in [4.78, 5) is 13.6. The third-order valence-electron chi connectivity index (χ3n) is 2.23. The molecule has 1 N–H and O–H groups in total. The van der Waals surface area contributed by atoms with Crippen LogP contribution < -0.4 is 0 Å². The highest BCUT2D eigenvalue weighted by molar-refractivity contribution is 5.44. The van der Waals surface area contributed by atoms with Gasteiger partial charge in [0.2, 0.25) is 0 Å². The van der Waals surface area contributed by atoms with E-state index in [0.717, 1.165) is 32.3 Å². The molecule has 0 atom stereocenters. The summed E-state index contributed by atoms with van der Waals surface area (Å²) < 4.78 is 0. The number of nitrogens with zero attached hydrogens (tertiary/aromatic N) is 2. The summed E-state index contributed by atoms with van der Waals surface area (Å²) in [6, 6.07) is 0. The summed E-state index contributed by atoms with van der Waals surface area (Å²) >= 11 is 0. The number of aldehydes is 1. The first-order valence-electron chi connectivity index (χ1n) is 5.16. The minimum Gasteiger partial charge on any atom is -0.396 e. The van der Waals surface area contributed by atoms with Gasteiger partial charge in [-0.1, -0.05) is 0 Å². The molecule has 4 nitrogen and oxygen atoms in total. The van der Waals surface area contributed by atoms with Gasteiger partial charge in [0, 0.05) is 39.3 Å². The first-order valence-corrected chi connectivity index (χ1v) is 5.16. The van der Waals surface area contributed by atoms with E-state index in [0.29, 0.717) is 6.61 Å². The average Bonchev–Trinajstić information content (AvgIpc) is 2.18. The van der Waals surface area contributed by atoms with Crippen molar-refractivity contribution in [1.29, 1.82) is 0 Å². The zero-order valence-electron chi connectivity index (χ0n) is 9.28. The Morgan fingerprint density at radius 2 is 1.79 bits per heavy atom. The SMILES string of the molecule is CC=O.CN1CCN(CCCO)CC1. The van der Waals surface area contributed by atoms with Crippen LogP contribution in [-0.2, 0) is 4.79 Å². The first kappa shape index (κ1) is 13.5. The molecule has 1 aliphatic rings. The van der Waals surface area contributed by atoms with E-state index >= 15 is 0 Å². The molecular weight excluding hydrogens is 180 g/mol. The van der Waals surface area contributed by atoms with Crippen LogP contribution in [0.5, 0.6) is 0 Å². The van der Waals surface area contributed by atoms with Crippen molar-refractivity contribution in [2.75, 3.05) is 46.4 Å². The van der Waals surface area contributed by atoms with Crippen LogP contribution in [0.15, 0.2) is 0 Å². The van der Waals surface area contributed by atoms with Crippen LogP contribution in [0.25, 0.3) is 0 Å². The monoisotopic (exact) mass is 202 g/mol. The van der Waals surface area contributed by atoms with E-state index in [1.807, 2.05) is 0 Å². The Labute approximate surface area is 86.5 Å². The van der Waals surface area contributed by atoms with Gasteiger partial charge in [0.15, 0.2) is 0 Å². The van der Waals surface area contributed by atoms with Gasteiger partial charge in [0.05, 0.1) is 0 Å². The Balaban J connectivity index is 0.000000500. The Bertz CT molecular complexity index is 131. The maximum atomic E-state index is 8.81. The quantitative estimate of drug-likeness (QED) is 0.645. The normalized spacial score (nSPS) is 18.5. The van der Waals surface area contributed by atoms with Crippen molar-refractivity contribution in [3.05, 3.63) is 0 Å². The van der Waals surface area contributed by atoms with Gasteiger partial charge < -0.3 is 19.7 Å². The van der Waals surface area contributed by atoms with E-state index in [1.165, 1.54) is 20.0 Å². The summed E-state index contributed by atoms with van der Waals surface area (Å²) in [5.74, 6) is 0. The molecule has 0 bridgehead atoms. The van der Waals surface area contributed by atoms with Gasteiger partial charge in [-0.2, -0.15) is 0 Å². The van der Waals surface area contributed by atoms with Crippen LogP contribution in [0.1, 0.15) is 13.3 Å². The molecule has 14 heavy (non-hydrogen) atoms. The van der Waals surface area contributed by atoms with E-state index in [1.54, 1.807) is 0 Å². The number of rotatable bonds is 3. The third-order valence-corrected chi connectivity index (χ3v) is 2.23. The second-order valence-corrected chi connectivity index (χ2v) is 3.46. The van der Waals surface area contributed by atoms with Crippen molar-refractivity contribution in [3.8, 4) is 0 Å². The van der Waals surface area contributed by atoms with Gasteiger partial charge >= 0.3 is 0 Å². The molecule has 1 rings (SSSR count). The summed E-state index contributed by atoms with van der Waals surface area (Å²) in [7, 11) is 2.16. The van der Waals surface area contributed by atoms with E-state index in [-0.39, 0.29) is 0 Å². The molecule has 1 saturated heterocycles. The Hall–Kier alpha value is -0.450. The number of hydrogen-bond donors (Lipinski definition) is 1. The fraction of sp³-hybridized carbons (Fsp3) is 0.900. The molecule has 0 unspecified atom stereocenters. The number of hydrogen-bond acceptors (Lipinski definition) is 4. The van der Waals surface area contributed by atoms with Crippen molar-refractivity contribution in [3.63, 3.8) is 0 Å². The number of piperazine rings is 1. The second-order valence-electron chi connectivity index (χ2n) is 3.46. The van der Waals surface area contributed by atoms with Crippen LogP contribution >= 0.6 is 0 Å². The molecule has 0 amide bonds. The number of likely N-dealkylation sites (N-methyl/N-ethyl adjacent to an activating group) is 1. The minimum absolute atomic E-state index is 0.326. The molecule has 0 aromatic heterocycles. The largest absolute Gasteiger partial charge is 0.396 e. The molecule has 1 heterocycles. The molecular formula is C10H22N2O2. The fourth-order valence-electron chi connectivity index (χ4n) is 1.37. The Morgan fingerprint density at radius 1 is 1.29 bits per heavy atom. The van der Waals surface area contributed by atoms with Crippen LogP contribution in [0.4, 0.5) is 0 Å². The number of aliphatic hydroxyl groups excluding tert-OH is 1. The van der Waals surface area contributed by atoms with Gasteiger partial charge in [0.1, 0.15) is 6.29 Å². The van der Waals surface area contributed by atoms with E-state index < -0.39 is 0 Å². The zero-order chi connectivity index (χ0) is 10.8. The maximum absolute atomic E-state index is 8.81. The molecule has 0 saturated carbocycles. The fourth-order valence-corrected chi connectivity index (χ4v) is 1.37. The highest BCUT2D eigenvalue weighted by Crippen LogP contribution is 1.98. The lowest BCUT2D eigenvalue weighted by Crippen LogP contribution is -2.44. The van der Waals surface area contributed by atoms with E-state index in [4.69, 9.17) is 9.90 Å². The molecule has 1 fully saturated rings. The van der Waals surface area contributed by atoms with Crippen LogP contribution in [0.3, 0.4) is 0 Å². The van der Waals surface area contributed by atoms with Crippen molar-refractivity contribution >= 4 is 6.29 Å². The lowest BCUT2D eigenvalue weighted by molar-refractivity contribution is -0.106. The van der Waals surface area contributed by atoms with Crippen LogP contribution in [0.2, 0.25) is 0 Å². The predicted molar refractivity (Wildman–Crippen MR) is 57.4 cm³/mol. The van der Waals surface area contributed by atoms with Gasteiger partial charge in [0.25, 0.3) is 0 Å². The van der Waals surface area contributed by atoms with E-state index in [2.05, 4.69) is 16.8 Å². The lowest BCUT2D eigenvalue weighted by Gasteiger charge is -2.32. The highest BCUT2D eigenvalue weighted by atomic mass is 16.3.